The van der Waals surface area contributed by atoms with Crippen molar-refractivity contribution < 1.29 is 0 Å². The van der Waals surface area contributed by atoms with Crippen LogP contribution in [-0.4, -0.2) is 10.00 Å². The molecule has 2 aromatic rings. The van der Waals surface area contributed by atoms with Gasteiger partial charge in [-0.25, -0.2) is 0 Å². The van der Waals surface area contributed by atoms with Crippen LogP contribution in [0.25, 0.3) is 5.57 Å². The number of hydrogen-bond donors (Lipinski definition) is 0. The van der Waals surface area contributed by atoms with Crippen molar-refractivity contribution in [1.82, 2.24) is 0 Å². The average Bonchev–Trinajstić information content (AvgIpc) is 3.21. The summed E-state index contributed by atoms with van der Waals surface area (Å²) in [4.78, 5) is 0. The third-order valence-electron chi connectivity index (χ3n) is 7.52. The second-order valence-corrected chi connectivity index (χ2v) is 14.5. The van der Waals surface area contributed by atoms with Crippen LogP contribution in [0.2, 0.25) is 0 Å². The van der Waals surface area contributed by atoms with Crippen LogP contribution >= 0.6 is 23.5 Å². The number of rotatable bonds is 2. The topological polar surface area (TPSA) is 0 Å². The van der Waals surface area contributed by atoms with Gasteiger partial charge in [-0.15, -0.1) is 23.5 Å². The first-order valence-corrected chi connectivity index (χ1v) is 13.1. The summed E-state index contributed by atoms with van der Waals surface area (Å²) in [6.07, 6.45) is 2.72. The smallest absolute Gasteiger partial charge is 0.109 e. The molecule has 2 heteroatoms. The standard InChI is InChI=1S/C29H34S2/c1-19-23(20-14-10-8-11-15-20)24-22(26(2,3)4)18-28(27(5,6)7)25(24)30-29(19,31-28)21-16-12-9-13-17-21/h8-18,24-25H,1-7H3/t24-,25+,28-,29-/m1/s1. The molecular formula is C29H34S2. The minimum Gasteiger partial charge on any atom is -0.129 e. The fourth-order valence-electron chi connectivity index (χ4n) is 5.87. The number of hydrogen-bond acceptors (Lipinski definition) is 2. The fraction of sp³-hybridized carbons (Fsp3) is 0.448. The average molecular weight is 447 g/mol. The largest absolute Gasteiger partial charge is 0.129 e. The monoisotopic (exact) mass is 446 g/mol. The zero-order chi connectivity index (χ0) is 22.2. The minimum absolute atomic E-state index is 0.0270. The molecule has 0 aromatic heterocycles. The molecule has 2 heterocycles. The Hall–Kier alpha value is -1.38. The van der Waals surface area contributed by atoms with Gasteiger partial charge in [0.05, 0.1) is 4.75 Å². The molecule has 2 aliphatic heterocycles. The van der Waals surface area contributed by atoms with Gasteiger partial charge in [0.2, 0.25) is 0 Å². The van der Waals surface area contributed by atoms with E-state index in [-0.39, 0.29) is 19.7 Å². The molecule has 5 rings (SSSR count). The van der Waals surface area contributed by atoms with Crippen LogP contribution in [-0.2, 0) is 4.08 Å². The molecule has 0 N–H and O–H groups in total. The van der Waals surface area contributed by atoms with E-state index in [0.29, 0.717) is 11.2 Å². The highest BCUT2D eigenvalue weighted by Gasteiger charge is 2.69. The van der Waals surface area contributed by atoms with Crippen molar-refractivity contribution in [3.63, 3.8) is 0 Å². The molecule has 0 spiro atoms. The van der Waals surface area contributed by atoms with Crippen molar-refractivity contribution in [2.45, 2.75) is 62.5 Å². The van der Waals surface area contributed by atoms with E-state index in [9.17, 15) is 0 Å². The highest BCUT2D eigenvalue weighted by atomic mass is 32.2. The first-order chi connectivity index (χ1) is 14.5. The highest BCUT2D eigenvalue weighted by molar-refractivity contribution is 8.22. The summed E-state index contributed by atoms with van der Waals surface area (Å²) >= 11 is 4.47. The van der Waals surface area contributed by atoms with Gasteiger partial charge in [-0.3, -0.25) is 0 Å². The number of fused-ring (bicyclic) bond motifs is 1. The van der Waals surface area contributed by atoms with Gasteiger partial charge in [-0.1, -0.05) is 114 Å². The number of benzene rings is 2. The van der Waals surface area contributed by atoms with Gasteiger partial charge < -0.3 is 0 Å². The molecule has 0 unspecified atom stereocenters. The minimum atomic E-state index is -0.0270. The van der Waals surface area contributed by atoms with Crippen molar-refractivity contribution in [2.24, 2.45) is 16.7 Å². The van der Waals surface area contributed by atoms with Crippen molar-refractivity contribution in [3.05, 3.63) is 89.0 Å². The SMILES string of the molecule is CC1=C(c2ccccc2)[C@H]2C(C(C)(C)C)=C[C@@]3(C(C)(C)C)S[C@]1(c1ccccc1)S[C@@H]23. The van der Waals surface area contributed by atoms with E-state index in [1.54, 1.807) is 16.7 Å². The summed E-state index contributed by atoms with van der Waals surface area (Å²) in [5, 5.41) is 0.547. The molecule has 1 aliphatic carbocycles. The summed E-state index contributed by atoms with van der Waals surface area (Å²) in [6, 6.07) is 22.5. The molecule has 1 saturated heterocycles. The van der Waals surface area contributed by atoms with Crippen molar-refractivity contribution in [2.75, 3.05) is 0 Å². The first-order valence-electron chi connectivity index (χ1n) is 11.4. The fourth-order valence-corrected chi connectivity index (χ4v) is 10.7. The molecule has 0 amide bonds. The van der Waals surface area contributed by atoms with Crippen LogP contribution in [0, 0.1) is 16.7 Å². The predicted octanol–water partition coefficient (Wildman–Crippen LogP) is 8.56. The maximum Gasteiger partial charge on any atom is 0.109 e. The van der Waals surface area contributed by atoms with Crippen LogP contribution in [0.15, 0.2) is 77.9 Å². The molecule has 0 saturated carbocycles. The number of thioether (sulfide) groups is 2. The molecule has 1 fully saturated rings. The molecule has 2 bridgehead atoms. The second kappa shape index (κ2) is 6.81. The lowest BCUT2D eigenvalue weighted by Gasteiger charge is -2.42. The van der Waals surface area contributed by atoms with Gasteiger partial charge in [0.25, 0.3) is 0 Å². The number of allylic oxidation sites excluding steroid dienone is 2. The van der Waals surface area contributed by atoms with E-state index in [0.717, 1.165) is 0 Å². The molecule has 3 aliphatic rings. The summed E-state index contributed by atoms with van der Waals surface area (Å²) in [7, 11) is 0. The van der Waals surface area contributed by atoms with Crippen LogP contribution in [0.1, 0.15) is 59.6 Å². The van der Waals surface area contributed by atoms with Gasteiger partial charge in [-0.05, 0) is 40.0 Å². The highest BCUT2D eigenvalue weighted by Crippen LogP contribution is 2.79. The quantitative estimate of drug-likeness (QED) is 0.424. The Morgan fingerprint density at radius 3 is 1.94 bits per heavy atom. The molecule has 0 nitrogen and oxygen atoms in total. The van der Waals surface area contributed by atoms with E-state index < -0.39 is 0 Å². The molecular weight excluding hydrogens is 412 g/mol. The lowest BCUT2D eigenvalue weighted by Crippen LogP contribution is -2.43. The molecule has 162 valence electrons. The van der Waals surface area contributed by atoms with Crippen molar-refractivity contribution in [3.8, 4) is 0 Å². The molecule has 0 radical (unpaired) electrons. The van der Waals surface area contributed by atoms with Gasteiger partial charge in [0.1, 0.15) is 4.08 Å². The second-order valence-electron chi connectivity index (χ2n) is 11.4. The lowest BCUT2D eigenvalue weighted by molar-refractivity contribution is 0.325. The van der Waals surface area contributed by atoms with Gasteiger partial charge >= 0.3 is 0 Å². The summed E-state index contributed by atoms with van der Waals surface area (Å²) in [5.74, 6) is 0.471. The molecule has 31 heavy (non-hydrogen) atoms. The summed E-state index contributed by atoms with van der Waals surface area (Å²) in [5.41, 5.74) is 7.92. The van der Waals surface area contributed by atoms with Crippen LogP contribution in [0.5, 0.6) is 0 Å². The van der Waals surface area contributed by atoms with Crippen molar-refractivity contribution in [1.29, 1.82) is 0 Å². The Kier molecular flexibility index (Phi) is 4.72. The Labute approximate surface area is 197 Å². The van der Waals surface area contributed by atoms with Crippen LogP contribution in [0.3, 0.4) is 0 Å². The van der Waals surface area contributed by atoms with Crippen LogP contribution < -0.4 is 0 Å². The van der Waals surface area contributed by atoms with E-state index in [1.807, 2.05) is 0 Å². The Bertz CT molecular complexity index is 1070. The van der Waals surface area contributed by atoms with Gasteiger partial charge in [0.15, 0.2) is 0 Å². The van der Waals surface area contributed by atoms with Crippen LogP contribution in [0.4, 0.5) is 0 Å². The van der Waals surface area contributed by atoms with Gasteiger partial charge in [0, 0.05) is 11.2 Å². The normalized spacial score (nSPS) is 32.4. The Balaban J connectivity index is 1.85. The predicted molar refractivity (Wildman–Crippen MR) is 139 cm³/mol. The maximum absolute atomic E-state index is 2.72. The Morgan fingerprint density at radius 2 is 1.39 bits per heavy atom. The maximum atomic E-state index is 2.72. The zero-order valence-electron chi connectivity index (χ0n) is 19.8. The molecule has 2 aromatic carbocycles. The van der Waals surface area contributed by atoms with E-state index in [4.69, 9.17) is 0 Å². The third-order valence-corrected chi connectivity index (χ3v) is 12.1. The lowest BCUT2D eigenvalue weighted by atomic mass is 9.72. The zero-order valence-corrected chi connectivity index (χ0v) is 21.5. The van der Waals surface area contributed by atoms with Crippen molar-refractivity contribution >= 4 is 29.1 Å². The third kappa shape index (κ3) is 2.90. The van der Waals surface area contributed by atoms with E-state index >= 15 is 0 Å². The Morgan fingerprint density at radius 1 is 0.806 bits per heavy atom. The molecule has 4 atom stereocenters. The summed E-state index contributed by atoms with van der Waals surface area (Å²) < 4.78 is 0.0827. The van der Waals surface area contributed by atoms with Gasteiger partial charge in [-0.2, -0.15) is 0 Å². The van der Waals surface area contributed by atoms with E-state index in [1.165, 1.54) is 11.1 Å². The first kappa shape index (κ1) is 21.5. The van der Waals surface area contributed by atoms with E-state index in [2.05, 4.69) is 139 Å². The summed E-state index contributed by atoms with van der Waals surface area (Å²) in [6.45, 7) is 17.0.